The molecule has 0 aliphatic carbocycles. The van der Waals surface area contributed by atoms with Gasteiger partial charge in [0.05, 0.1) is 25.0 Å². The zero-order valence-electron chi connectivity index (χ0n) is 13.7. The van der Waals surface area contributed by atoms with Crippen LogP contribution in [-0.2, 0) is 24.3 Å². The number of rotatable bonds is 7. The normalized spacial score (nSPS) is 11.0. The lowest BCUT2D eigenvalue weighted by molar-refractivity contribution is -0.141. The molecule has 0 atom stereocenters. The number of carbonyl (C=O) groups excluding carboxylic acids is 2. The van der Waals surface area contributed by atoms with Crippen molar-refractivity contribution in [2.24, 2.45) is 0 Å². The van der Waals surface area contributed by atoms with Gasteiger partial charge in [0.15, 0.2) is 0 Å². The summed E-state index contributed by atoms with van der Waals surface area (Å²) in [5.41, 5.74) is 0.518. The Morgan fingerprint density at radius 3 is 2.36 bits per heavy atom. The minimum absolute atomic E-state index is 0.105. The molecule has 0 fully saturated rings. The van der Waals surface area contributed by atoms with E-state index in [4.69, 9.17) is 4.74 Å². The number of esters is 2. The van der Waals surface area contributed by atoms with Crippen molar-refractivity contribution in [3.8, 4) is 0 Å². The lowest BCUT2D eigenvalue weighted by Crippen LogP contribution is -2.36. The van der Waals surface area contributed by atoms with E-state index in [-0.39, 0.29) is 22.1 Å². The predicted octanol–water partition coefficient (Wildman–Crippen LogP) is 2.29. The van der Waals surface area contributed by atoms with E-state index in [1.54, 1.807) is 18.4 Å². The van der Waals surface area contributed by atoms with E-state index in [2.05, 4.69) is 4.74 Å². The van der Waals surface area contributed by atoms with Gasteiger partial charge >= 0.3 is 11.9 Å². The summed E-state index contributed by atoms with van der Waals surface area (Å²) in [6.07, 6.45) is 0. The third-order valence-corrected chi connectivity index (χ3v) is 6.34. The highest BCUT2D eigenvalue weighted by Crippen LogP contribution is 2.27. The monoisotopic (exact) mass is 383 g/mol. The number of ether oxygens (including phenoxy) is 2. The first-order valence-electron chi connectivity index (χ1n) is 7.30. The van der Waals surface area contributed by atoms with Crippen LogP contribution in [0.5, 0.6) is 0 Å². The fourth-order valence-corrected chi connectivity index (χ4v) is 4.55. The van der Waals surface area contributed by atoms with Crippen LogP contribution in [-0.4, -0.2) is 40.6 Å². The first-order chi connectivity index (χ1) is 11.9. The maximum atomic E-state index is 12.8. The van der Waals surface area contributed by atoms with E-state index in [1.807, 2.05) is 0 Å². The Kier molecular flexibility index (Phi) is 6.16. The summed E-state index contributed by atoms with van der Waals surface area (Å²) >= 11 is 1.05. The summed E-state index contributed by atoms with van der Waals surface area (Å²) in [5.74, 6) is -1.20. The van der Waals surface area contributed by atoms with Gasteiger partial charge in [0.1, 0.15) is 10.8 Å². The van der Waals surface area contributed by atoms with E-state index in [9.17, 15) is 18.0 Å². The molecule has 0 saturated heterocycles. The number of benzene rings is 1. The lowest BCUT2D eigenvalue weighted by atomic mass is 10.2. The van der Waals surface area contributed by atoms with E-state index >= 15 is 0 Å². The van der Waals surface area contributed by atoms with Crippen molar-refractivity contribution < 1.29 is 27.5 Å². The molecule has 134 valence electrons. The average molecular weight is 383 g/mol. The topological polar surface area (TPSA) is 90.0 Å². The van der Waals surface area contributed by atoms with Crippen LogP contribution in [0.4, 0.5) is 5.69 Å². The largest absolute Gasteiger partial charge is 0.465 e. The van der Waals surface area contributed by atoms with Crippen LogP contribution in [0.25, 0.3) is 0 Å². The zero-order valence-corrected chi connectivity index (χ0v) is 15.3. The van der Waals surface area contributed by atoms with Crippen molar-refractivity contribution in [1.82, 2.24) is 0 Å². The van der Waals surface area contributed by atoms with Crippen molar-refractivity contribution in [3.63, 3.8) is 0 Å². The first kappa shape index (κ1) is 18.9. The SMILES string of the molecule is CCOC(=O)CN(c1ccc(C(=O)OC)cc1)S(=O)(=O)c1cccs1. The Morgan fingerprint density at radius 1 is 1.16 bits per heavy atom. The van der Waals surface area contributed by atoms with Gasteiger partial charge in [0.2, 0.25) is 0 Å². The van der Waals surface area contributed by atoms with E-state index in [0.29, 0.717) is 0 Å². The Balaban J connectivity index is 2.41. The quantitative estimate of drug-likeness (QED) is 0.682. The maximum Gasteiger partial charge on any atom is 0.337 e. The zero-order chi connectivity index (χ0) is 18.4. The van der Waals surface area contributed by atoms with E-state index in [0.717, 1.165) is 15.6 Å². The molecule has 0 unspecified atom stereocenters. The fraction of sp³-hybridized carbons (Fsp3) is 0.250. The van der Waals surface area contributed by atoms with E-state index < -0.39 is 28.5 Å². The number of anilines is 1. The molecule has 1 aromatic heterocycles. The molecule has 1 aromatic carbocycles. The highest BCUT2D eigenvalue weighted by Gasteiger charge is 2.28. The van der Waals surface area contributed by atoms with Gasteiger partial charge in [-0.05, 0) is 42.6 Å². The van der Waals surface area contributed by atoms with Crippen molar-refractivity contribution in [2.45, 2.75) is 11.1 Å². The summed E-state index contributed by atoms with van der Waals surface area (Å²) in [6, 6.07) is 8.82. The molecule has 0 amide bonds. The molecule has 0 radical (unpaired) electrons. The van der Waals surface area contributed by atoms with Gasteiger partial charge in [-0.2, -0.15) is 0 Å². The van der Waals surface area contributed by atoms with Gasteiger partial charge in [0.25, 0.3) is 10.0 Å². The standard InChI is InChI=1S/C16H17NO6S2/c1-3-23-14(18)11-17(25(20,21)15-5-4-10-24-15)13-8-6-12(7-9-13)16(19)22-2/h4-10H,3,11H2,1-2H3. The summed E-state index contributed by atoms with van der Waals surface area (Å²) in [5, 5.41) is 1.63. The molecule has 2 aromatic rings. The average Bonchev–Trinajstić information content (AvgIpc) is 3.15. The highest BCUT2D eigenvalue weighted by molar-refractivity contribution is 7.94. The minimum Gasteiger partial charge on any atom is -0.465 e. The Morgan fingerprint density at radius 2 is 1.84 bits per heavy atom. The van der Waals surface area contributed by atoms with Crippen LogP contribution < -0.4 is 4.31 Å². The summed E-state index contributed by atoms with van der Waals surface area (Å²) in [4.78, 5) is 23.4. The molecule has 0 saturated carbocycles. The van der Waals surface area contributed by atoms with Crippen LogP contribution >= 0.6 is 11.3 Å². The minimum atomic E-state index is -3.93. The molecule has 0 N–H and O–H groups in total. The molecule has 0 spiro atoms. The number of thiophene rings is 1. The fourth-order valence-electron chi connectivity index (χ4n) is 2.04. The second-order valence-electron chi connectivity index (χ2n) is 4.79. The third kappa shape index (κ3) is 4.37. The second kappa shape index (κ2) is 8.13. The van der Waals surface area contributed by atoms with Crippen molar-refractivity contribution in [2.75, 3.05) is 24.6 Å². The van der Waals surface area contributed by atoms with Crippen molar-refractivity contribution in [3.05, 3.63) is 47.3 Å². The van der Waals surface area contributed by atoms with Crippen LogP contribution in [0.1, 0.15) is 17.3 Å². The second-order valence-corrected chi connectivity index (χ2v) is 7.82. The van der Waals surface area contributed by atoms with Gasteiger partial charge in [-0.15, -0.1) is 11.3 Å². The molecule has 0 bridgehead atoms. The number of hydrogen-bond acceptors (Lipinski definition) is 7. The Bertz CT molecular complexity index is 828. The number of methoxy groups -OCH3 is 1. The van der Waals surface area contributed by atoms with Gasteiger partial charge in [0, 0.05) is 0 Å². The molecule has 9 heteroatoms. The Hall–Kier alpha value is -2.39. The van der Waals surface area contributed by atoms with Crippen molar-refractivity contribution in [1.29, 1.82) is 0 Å². The third-order valence-electron chi connectivity index (χ3n) is 3.19. The smallest absolute Gasteiger partial charge is 0.337 e. The number of carbonyl (C=O) groups is 2. The van der Waals surface area contributed by atoms with Crippen LogP contribution in [0.15, 0.2) is 46.0 Å². The molecular weight excluding hydrogens is 366 g/mol. The van der Waals surface area contributed by atoms with Gasteiger partial charge in [-0.3, -0.25) is 9.10 Å². The number of hydrogen-bond donors (Lipinski definition) is 0. The van der Waals surface area contributed by atoms with Crippen molar-refractivity contribution >= 4 is 39.0 Å². The van der Waals surface area contributed by atoms with Gasteiger partial charge in [-0.25, -0.2) is 13.2 Å². The molecule has 25 heavy (non-hydrogen) atoms. The molecular formula is C16H17NO6S2. The highest BCUT2D eigenvalue weighted by atomic mass is 32.2. The molecule has 0 aliphatic rings. The summed E-state index contributed by atoms with van der Waals surface area (Å²) in [7, 11) is -2.67. The molecule has 0 aliphatic heterocycles. The van der Waals surface area contributed by atoms with E-state index in [1.165, 1.54) is 37.4 Å². The predicted molar refractivity (Wildman–Crippen MR) is 93.3 cm³/mol. The van der Waals surface area contributed by atoms with Crippen LogP contribution in [0.3, 0.4) is 0 Å². The summed E-state index contributed by atoms with van der Waals surface area (Å²) in [6.45, 7) is 1.32. The maximum absolute atomic E-state index is 12.8. The lowest BCUT2D eigenvalue weighted by Gasteiger charge is -2.23. The number of sulfonamides is 1. The molecule has 1 heterocycles. The van der Waals surface area contributed by atoms with Gasteiger partial charge < -0.3 is 9.47 Å². The van der Waals surface area contributed by atoms with Crippen LogP contribution in [0, 0.1) is 0 Å². The van der Waals surface area contributed by atoms with Crippen LogP contribution in [0.2, 0.25) is 0 Å². The summed E-state index contributed by atoms with van der Waals surface area (Å²) < 4.78 is 36.2. The first-order valence-corrected chi connectivity index (χ1v) is 9.62. The molecule has 2 rings (SSSR count). The molecule has 7 nitrogen and oxygen atoms in total. The number of nitrogens with zero attached hydrogens (tertiary/aromatic N) is 1. The Labute approximate surface area is 149 Å². The van der Waals surface area contributed by atoms with Gasteiger partial charge in [-0.1, -0.05) is 6.07 Å².